The van der Waals surface area contributed by atoms with Crippen molar-refractivity contribution in [3.8, 4) is 0 Å². The molecule has 0 saturated heterocycles. The zero-order valence-corrected chi connectivity index (χ0v) is 18.5. The number of alkyl halides is 3. The van der Waals surface area contributed by atoms with Crippen LogP contribution in [0, 0.1) is 0 Å². The average Bonchev–Trinajstić information content (AvgIpc) is 3.27. The maximum absolute atomic E-state index is 13.2. The second kappa shape index (κ2) is 8.28. The Balaban J connectivity index is 1.72. The van der Waals surface area contributed by atoms with Gasteiger partial charge in [-0.2, -0.15) is 13.2 Å². The molecule has 0 amide bonds. The Morgan fingerprint density at radius 2 is 1.97 bits per heavy atom. The van der Waals surface area contributed by atoms with Crippen LogP contribution < -0.4 is 11.2 Å². The fraction of sp³-hybridized carbons (Fsp3) is 0.389. The van der Waals surface area contributed by atoms with E-state index < -0.39 is 23.0 Å². The van der Waals surface area contributed by atoms with E-state index in [1.165, 1.54) is 8.97 Å². The quantitative estimate of drug-likeness (QED) is 0.419. The monoisotopic (exact) mass is 487 g/mol. The molecule has 4 heterocycles. The number of pyridine rings is 1. The summed E-state index contributed by atoms with van der Waals surface area (Å²) in [6, 6.07) is 0.799. The van der Waals surface area contributed by atoms with Crippen LogP contribution in [0.3, 0.4) is 0 Å². The molecule has 4 rings (SSSR count). The van der Waals surface area contributed by atoms with Crippen molar-refractivity contribution in [2.75, 3.05) is 0 Å². The van der Waals surface area contributed by atoms with Gasteiger partial charge in [-0.25, -0.2) is 9.78 Å². The van der Waals surface area contributed by atoms with Gasteiger partial charge in [0.25, 0.3) is 5.56 Å². The van der Waals surface area contributed by atoms with Crippen molar-refractivity contribution in [3.05, 3.63) is 49.5 Å². The fourth-order valence-corrected chi connectivity index (χ4v) is 4.40. The van der Waals surface area contributed by atoms with E-state index in [2.05, 4.69) is 20.2 Å². The zero-order chi connectivity index (χ0) is 23.2. The van der Waals surface area contributed by atoms with E-state index >= 15 is 0 Å². The molecule has 0 radical (unpaired) electrons. The van der Waals surface area contributed by atoms with Crippen molar-refractivity contribution in [1.82, 2.24) is 33.7 Å². The molecule has 32 heavy (non-hydrogen) atoms. The van der Waals surface area contributed by atoms with Crippen LogP contribution >= 0.6 is 23.4 Å². The Morgan fingerprint density at radius 3 is 2.66 bits per heavy atom. The highest BCUT2D eigenvalue weighted by molar-refractivity contribution is 7.98. The number of aromatic nitrogens is 7. The summed E-state index contributed by atoms with van der Waals surface area (Å²) in [5.74, 6) is 0.613. The molecule has 0 fully saturated rings. The van der Waals surface area contributed by atoms with Crippen LogP contribution in [0.1, 0.15) is 31.2 Å². The van der Waals surface area contributed by atoms with Crippen LogP contribution in [-0.4, -0.2) is 33.7 Å². The lowest BCUT2D eigenvalue weighted by atomic mass is 10.3. The molecule has 0 aliphatic rings. The van der Waals surface area contributed by atoms with Crippen LogP contribution in [0.15, 0.2) is 27.0 Å². The van der Waals surface area contributed by atoms with Crippen molar-refractivity contribution < 1.29 is 13.2 Å². The van der Waals surface area contributed by atoms with E-state index in [1.54, 1.807) is 11.6 Å². The normalized spacial score (nSPS) is 12.3. The molecule has 0 aromatic carbocycles. The first-order valence-corrected chi connectivity index (χ1v) is 10.9. The first-order valence-electron chi connectivity index (χ1n) is 9.54. The SMILES string of the molecule is CCCCn1c(=O)[nH]c(=O)c2c1nc(CSc1nnc3c(Cl)cc(C(F)(F)F)cn13)n2C. The van der Waals surface area contributed by atoms with Crippen LogP contribution in [-0.2, 0) is 25.5 Å². The summed E-state index contributed by atoms with van der Waals surface area (Å²) in [6.07, 6.45) is -2.11. The molecule has 9 nitrogen and oxygen atoms in total. The number of aryl methyl sites for hydroxylation is 2. The summed E-state index contributed by atoms with van der Waals surface area (Å²) in [4.78, 5) is 31.4. The van der Waals surface area contributed by atoms with E-state index in [9.17, 15) is 22.8 Å². The topological polar surface area (TPSA) is 103 Å². The van der Waals surface area contributed by atoms with E-state index in [4.69, 9.17) is 11.6 Å². The van der Waals surface area contributed by atoms with E-state index in [-0.39, 0.29) is 32.7 Å². The van der Waals surface area contributed by atoms with Gasteiger partial charge in [-0.1, -0.05) is 36.7 Å². The third kappa shape index (κ3) is 3.90. The molecule has 4 aromatic rings. The third-order valence-electron chi connectivity index (χ3n) is 4.93. The fourth-order valence-electron chi connectivity index (χ4n) is 3.26. The molecule has 0 saturated carbocycles. The Labute approximate surface area is 187 Å². The summed E-state index contributed by atoms with van der Waals surface area (Å²) in [5, 5.41) is 7.79. The Hall–Kier alpha value is -2.80. The van der Waals surface area contributed by atoms with Gasteiger partial charge in [0.05, 0.1) is 16.3 Å². The van der Waals surface area contributed by atoms with Crippen LogP contribution in [0.5, 0.6) is 0 Å². The molecule has 0 unspecified atom stereocenters. The smallest absolute Gasteiger partial charge is 0.325 e. The lowest BCUT2D eigenvalue weighted by Crippen LogP contribution is -2.31. The maximum Gasteiger partial charge on any atom is 0.417 e. The summed E-state index contributed by atoms with van der Waals surface area (Å²) >= 11 is 7.03. The number of nitrogens with zero attached hydrogens (tertiary/aromatic N) is 6. The number of fused-ring (bicyclic) bond motifs is 2. The molecule has 0 aliphatic carbocycles. The van der Waals surface area contributed by atoms with E-state index in [0.29, 0.717) is 12.4 Å². The van der Waals surface area contributed by atoms with Gasteiger partial charge in [0.2, 0.25) is 0 Å². The molecule has 4 aromatic heterocycles. The van der Waals surface area contributed by atoms with Crippen molar-refractivity contribution in [2.24, 2.45) is 7.05 Å². The van der Waals surface area contributed by atoms with Gasteiger partial charge < -0.3 is 4.57 Å². The van der Waals surface area contributed by atoms with Gasteiger partial charge in [0.15, 0.2) is 22.0 Å². The van der Waals surface area contributed by atoms with Crippen LogP contribution in [0.2, 0.25) is 5.02 Å². The number of unbranched alkanes of at least 4 members (excludes halogenated alkanes) is 1. The third-order valence-corrected chi connectivity index (χ3v) is 6.14. The largest absolute Gasteiger partial charge is 0.417 e. The van der Waals surface area contributed by atoms with Crippen molar-refractivity contribution in [2.45, 2.75) is 43.4 Å². The Morgan fingerprint density at radius 1 is 1.22 bits per heavy atom. The number of rotatable bonds is 6. The molecule has 0 aliphatic heterocycles. The summed E-state index contributed by atoms with van der Waals surface area (Å²) in [5.41, 5.74) is -1.42. The molecule has 1 N–H and O–H groups in total. The average molecular weight is 488 g/mol. The van der Waals surface area contributed by atoms with Crippen molar-refractivity contribution in [1.29, 1.82) is 0 Å². The molecule has 0 atom stereocenters. The summed E-state index contributed by atoms with van der Waals surface area (Å²) in [7, 11) is 1.63. The highest BCUT2D eigenvalue weighted by Crippen LogP contribution is 2.33. The van der Waals surface area contributed by atoms with Crippen molar-refractivity contribution >= 4 is 40.2 Å². The van der Waals surface area contributed by atoms with Crippen LogP contribution in [0.4, 0.5) is 13.2 Å². The predicted octanol–water partition coefficient (Wildman–Crippen LogP) is 3.23. The van der Waals surface area contributed by atoms with Gasteiger partial charge in [0.1, 0.15) is 5.82 Å². The minimum Gasteiger partial charge on any atom is -0.325 e. The number of thioether (sulfide) groups is 1. The molecular formula is C18H17ClF3N7O2S. The maximum atomic E-state index is 13.2. The number of hydrogen-bond acceptors (Lipinski definition) is 6. The molecule has 0 spiro atoms. The zero-order valence-electron chi connectivity index (χ0n) is 16.9. The number of hydrogen-bond donors (Lipinski definition) is 1. The van der Waals surface area contributed by atoms with Gasteiger partial charge in [0, 0.05) is 19.8 Å². The van der Waals surface area contributed by atoms with Crippen LogP contribution in [0.25, 0.3) is 16.8 Å². The minimum absolute atomic E-state index is 0.0945. The first kappa shape index (κ1) is 22.4. The summed E-state index contributed by atoms with van der Waals surface area (Å²) < 4.78 is 43.6. The van der Waals surface area contributed by atoms with Crippen molar-refractivity contribution in [3.63, 3.8) is 0 Å². The van der Waals surface area contributed by atoms with Gasteiger partial charge >= 0.3 is 11.9 Å². The minimum atomic E-state index is -4.58. The Kier molecular flexibility index (Phi) is 5.79. The number of nitrogens with one attached hydrogen (secondary N) is 1. The lowest BCUT2D eigenvalue weighted by molar-refractivity contribution is -0.137. The van der Waals surface area contributed by atoms with E-state index in [1.807, 2.05) is 6.92 Å². The van der Waals surface area contributed by atoms with Gasteiger partial charge in [-0.15, -0.1) is 10.2 Å². The molecular weight excluding hydrogens is 471 g/mol. The molecule has 14 heteroatoms. The molecule has 0 bridgehead atoms. The standard InChI is InChI=1S/C18H17ClF3N7O2S/c1-3-4-5-28-14-12(15(30)24-16(28)31)27(2)11(23-14)8-32-17-26-25-13-10(19)6-9(7-29(13)17)18(20,21)22/h6-7H,3-5,8H2,1-2H3,(H,24,30,31). The number of imidazole rings is 1. The highest BCUT2D eigenvalue weighted by Gasteiger charge is 2.32. The first-order chi connectivity index (χ1) is 15.1. The lowest BCUT2D eigenvalue weighted by Gasteiger charge is -2.08. The second-order valence-corrected chi connectivity index (χ2v) is 8.41. The van der Waals surface area contributed by atoms with Gasteiger partial charge in [-0.3, -0.25) is 18.7 Å². The summed E-state index contributed by atoms with van der Waals surface area (Å²) in [6.45, 7) is 2.38. The molecule has 170 valence electrons. The number of H-pyrrole nitrogens is 1. The Bertz CT molecular complexity index is 1440. The van der Waals surface area contributed by atoms with E-state index in [0.717, 1.165) is 36.9 Å². The number of halogens is 4. The highest BCUT2D eigenvalue weighted by atomic mass is 35.5. The number of aromatic amines is 1. The second-order valence-electron chi connectivity index (χ2n) is 7.06. The predicted molar refractivity (Wildman–Crippen MR) is 113 cm³/mol. The van der Waals surface area contributed by atoms with Gasteiger partial charge in [-0.05, 0) is 12.5 Å².